The van der Waals surface area contributed by atoms with Gasteiger partial charge in [-0.3, -0.25) is 4.98 Å². The van der Waals surface area contributed by atoms with Crippen LogP contribution in [-0.4, -0.2) is 38.0 Å². The third kappa shape index (κ3) is 2.21. The van der Waals surface area contributed by atoms with Gasteiger partial charge in [0.25, 0.3) is 0 Å². The maximum absolute atomic E-state index is 5.59. The van der Waals surface area contributed by atoms with Gasteiger partial charge in [0.1, 0.15) is 5.69 Å². The number of hydrogen-bond acceptors (Lipinski definition) is 7. The van der Waals surface area contributed by atoms with Crippen molar-refractivity contribution in [2.75, 3.05) is 13.2 Å². The zero-order valence-electron chi connectivity index (χ0n) is 11.3. The fourth-order valence-corrected chi connectivity index (χ4v) is 3.22. The summed E-state index contributed by atoms with van der Waals surface area (Å²) in [6.45, 7) is 1.96. The molecular formula is C13H14N6OS. The van der Waals surface area contributed by atoms with E-state index < -0.39 is 0 Å². The zero-order valence-corrected chi connectivity index (χ0v) is 12.1. The van der Waals surface area contributed by atoms with Crippen molar-refractivity contribution in [3.05, 3.63) is 29.7 Å². The second kappa shape index (κ2) is 5.14. The Bertz CT molecular complexity index is 759. The second-order valence-electron chi connectivity index (χ2n) is 4.98. The Kier molecular flexibility index (Phi) is 3.13. The van der Waals surface area contributed by atoms with Gasteiger partial charge in [0.2, 0.25) is 4.96 Å². The lowest BCUT2D eigenvalue weighted by molar-refractivity contribution is 0.193. The van der Waals surface area contributed by atoms with Crippen molar-refractivity contribution in [2.45, 2.75) is 18.9 Å². The first-order chi connectivity index (χ1) is 10.3. The Balaban J connectivity index is 1.72. The first-order valence-corrected chi connectivity index (χ1v) is 7.62. The molecule has 2 N–H and O–H groups in total. The van der Waals surface area contributed by atoms with Crippen LogP contribution in [0.4, 0.5) is 0 Å². The number of aromatic nitrogens is 5. The molecule has 8 heteroatoms. The van der Waals surface area contributed by atoms with Crippen LogP contribution in [0.3, 0.4) is 0 Å². The van der Waals surface area contributed by atoms with Crippen LogP contribution >= 0.6 is 11.3 Å². The zero-order chi connectivity index (χ0) is 14.2. The van der Waals surface area contributed by atoms with E-state index in [1.165, 1.54) is 11.3 Å². The highest BCUT2D eigenvalue weighted by molar-refractivity contribution is 7.19. The maximum atomic E-state index is 5.59. The van der Waals surface area contributed by atoms with Crippen LogP contribution in [0.1, 0.15) is 23.7 Å². The Morgan fingerprint density at radius 1 is 1.38 bits per heavy atom. The molecule has 0 spiro atoms. The fourth-order valence-electron chi connectivity index (χ4n) is 2.40. The monoisotopic (exact) mass is 302 g/mol. The summed E-state index contributed by atoms with van der Waals surface area (Å²) in [5.74, 6) is 1.16. The predicted molar refractivity (Wildman–Crippen MR) is 78.0 cm³/mol. The van der Waals surface area contributed by atoms with Crippen molar-refractivity contribution in [3.8, 4) is 10.7 Å². The van der Waals surface area contributed by atoms with E-state index >= 15 is 0 Å². The first-order valence-electron chi connectivity index (χ1n) is 6.80. The number of nitrogens with zero attached hydrogens (tertiary/aromatic N) is 5. The van der Waals surface area contributed by atoms with Gasteiger partial charge in [0.15, 0.2) is 10.8 Å². The van der Waals surface area contributed by atoms with Gasteiger partial charge in [-0.1, -0.05) is 17.4 Å². The van der Waals surface area contributed by atoms with Crippen molar-refractivity contribution < 1.29 is 4.74 Å². The minimum absolute atomic E-state index is 0.280. The molecule has 1 unspecified atom stereocenters. The lowest BCUT2D eigenvalue weighted by Crippen LogP contribution is -2.04. The number of pyridine rings is 1. The van der Waals surface area contributed by atoms with Crippen LogP contribution in [0, 0.1) is 0 Å². The van der Waals surface area contributed by atoms with E-state index in [1.54, 1.807) is 6.20 Å². The summed E-state index contributed by atoms with van der Waals surface area (Å²) in [5, 5.41) is 13.9. The smallest absolute Gasteiger partial charge is 0.235 e. The average molecular weight is 302 g/mol. The van der Waals surface area contributed by atoms with Crippen molar-refractivity contribution in [3.63, 3.8) is 0 Å². The molecule has 4 heterocycles. The van der Waals surface area contributed by atoms with E-state index in [2.05, 4.69) is 20.3 Å². The number of fused-ring (bicyclic) bond motifs is 1. The molecule has 0 aliphatic carbocycles. The third-order valence-corrected chi connectivity index (χ3v) is 4.51. The lowest BCUT2D eigenvalue weighted by atomic mass is 10.1. The summed E-state index contributed by atoms with van der Waals surface area (Å²) in [6.07, 6.45) is 2.75. The number of rotatable bonds is 3. The van der Waals surface area contributed by atoms with E-state index in [0.717, 1.165) is 40.1 Å². The first kappa shape index (κ1) is 12.8. The van der Waals surface area contributed by atoms with Gasteiger partial charge in [0.05, 0.1) is 6.61 Å². The van der Waals surface area contributed by atoms with Crippen LogP contribution < -0.4 is 5.73 Å². The third-order valence-electron chi connectivity index (χ3n) is 3.59. The van der Waals surface area contributed by atoms with E-state index in [-0.39, 0.29) is 5.92 Å². The summed E-state index contributed by atoms with van der Waals surface area (Å²) in [5.41, 5.74) is 7.42. The van der Waals surface area contributed by atoms with Crippen LogP contribution in [0.2, 0.25) is 0 Å². The van der Waals surface area contributed by atoms with Crippen molar-refractivity contribution >= 4 is 16.3 Å². The lowest BCUT2D eigenvalue weighted by Gasteiger charge is -2.02. The molecule has 1 saturated heterocycles. The van der Waals surface area contributed by atoms with Gasteiger partial charge in [0, 0.05) is 25.3 Å². The summed E-state index contributed by atoms with van der Waals surface area (Å²) >= 11 is 1.49. The Morgan fingerprint density at radius 2 is 2.33 bits per heavy atom. The minimum Gasteiger partial charge on any atom is -0.381 e. The predicted octanol–water partition coefficient (Wildman–Crippen LogP) is 1.21. The van der Waals surface area contributed by atoms with Crippen molar-refractivity contribution in [1.29, 1.82) is 0 Å². The molecule has 3 aromatic heterocycles. The van der Waals surface area contributed by atoms with E-state index in [9.17, 15) is 0 Å². The van der Waals surface area contributed by atoms with E-state index in [0.29, 0.717) is 13.2 Å². The van der Waals surface area contributed by atoms with Gasteiger partial charge in [-0.25, -0.2) is 0 Å². The molecular weight excluding hydrogens is 288 g/mol. The molecule has 1 aliphatic rings. The Hall–Kier alpha value is -1.90. The van der Waals surface area contributed by atoms with Crippen LogP contribution in [0.25, 0.3) is 15.7 Å². The summed E-state index contributed by atoms with van der Waals surface area (Å²) < 4.78 is 7.23. The van der Waals surface area contributed by atoms with Crippen molar-refractivity contribution in [1.82, 2.24) is 24.8 Å². The van der Waals surface area contributed by atoms with E-state index in [4.69, 9.17) is 10.5 Å². The van der Waals surface area contributed by atoms with Gasteiger partial charge in [-0.2, -0.15) is 9.61 Å². The van der Waals surface area contributed by atoms with Crippen LogP contribution in [0.5, 0.6) is 0 Å². The quantitative estimate of drug-likeness (QED) is 0.782. The minimum atomic E-state index is 0.280. The van der Waals surface area contributed by atoms with Crippen LogP contribution in [0.15, 0.2) is 18.3 Å². The summed E-state index contributed by atoms with van der Waals surface area (Å²) in [4.78, 5) is 5.19. The number of hydrogen-bond donors (Lipinski definition) is 1. The molecule has 108 valence electrons. The topological polar surface area (TPSA) is 91.2 Å². The SMILES string of the molecule is NCc1ccc(-c2nn3c(C4CCOC4)nnc3s2)nc1. The van der Waals surface area contributed by atoms with Gasteiger partial charge in [-0.15, -0.1) is 10.2 Å². The van der Waals surface area contributed by atoms with Crippen LogP contribution in [-0.2, 0) is 11.3 Å². The largest absolute Gasteiger partial charge is 0.381 e. The standard InChI is InChI=1S/C13H14N6OS/c14-5-8-1-2-10(15-6-8)12-18-19-11(9-3-4-20-7-9)16-17-13(19)21-12/h1-2,6,9H,3-5,7,14H2. The molecule has 7 nitrogen and oxygen atoms in total. The number of nitrogens with two attached hydrogens (primary N) is 1. The molecule has 1 aliphatic heterocycles. The molecule has 21 heavy (non-hydrogen) atoms. The molecule has 0 amide bonds. The van der Waals surface area contributed by atoms with Gasteiger partial charge >= 0.3 is 0 Å². The highest BCUT2D eigenvalue weighted by Gasteiger charge is 2.25. The molecule has 1 fully saturated rings. The molecule has 1 atom stereocenters. The molecule has 0 saturated carbocycles. The molecule has 0 radical (unpaired) electrons. The molecule has 3 aromatic rings. The van der Waals surface area contributed by atoms with E-state index in [1.807, 2.05) is 16.6 Å². The highest BCUT2D eigenvalue weighted by Crippen LogP contribution is 2.28. The normalized spacial score (nSPS) is 18.6. The maximum Gasteiger partial charge on any atom is 0.235 e. The van der Waals surface area contributed by atoms with Gasteiger partial charge < -0.3 is 10.5 Å². The molecule has 0 aromatic carbocycles. The number of ether oxygens (including phenoxy) is 1. The Labute approximate surface area is 124 Å². The van der Waals surface area contributed by atoms with Gasteiger partial charge in [-0.05, 0) is 18.1 Å². The highest BCUT2D eigenvalue weighted by atomic mass is 32.1. The molecule has 4 rings (SSSR count). The summed E-state index contributed by atoms with van der Waals surface area (Å²) in [7, 11) is 0. The Morgan fingerprint density at radius 3 is 3.05 bits per heavy atom. The second-order valence-corrected chi connectivity index (χ2v) is 5.93. The molecule has 0 bridgehead atoms. The fraction of sp³-hybridized carbons (Fsp3) is 0.385. The van der Waals surface area contributed by atoms with Crippen molar-refractivity contribution in [2.24, 2.45) is 5.73 Å². The summed E-state index contributed by atoms with van der Waals surface area (Å²) in [6, 6.07) is 3.91. The average Bonchev–Trinajstić information content (AvgIpc) is 3.23.